The molecule has 1 rings (SSSR count). The number of carbonyl (C=O) groups excluding carboxylic acids is 1. The van der Waals surface area contributed by atoms with E-state index >= 15 is 0 Å². The van der Waals surface area contributed by atoms with Crippen LogP contribution in [0.4, 0.5) is 0 Å². The molecule has 0 saturated heterocycles. The molecule has 1 aromatic heterocycles. The molecular formula is C11H15NO4. The number of carboxylic acid groups (broad SMARTS) is 1. The van der Waals surface area contributed by atoms with Crippen molar-refractivity contribution in [2.75, 3.05) is 0 Å². The van der Waals surface area contributed by atoms with Crippen molar-refractivity contribution in [1.29, 1.82) is 0 Å². The first-order chi connectivity index (χ1) is 7.54. The lowest BCUT2D eigenvalue weighted by Crippen LogP contribution is -2.40. The van der Waals surface area contributed by atoms with Gasteiger partial charge in [0.2, 0.25) is 0 Å². The van der Waals surface area contributed by atoms with Crippen LogP contribution in [0.5, 0.6) is 0 Å². The highest BCUT2D eigenvalue weighted by Gasteiger charge is 2.20. The predicted molar refractivity (Wildman–Crippen MR) is 57.2 cm³/mol. The van der Waals surface area contributed by atoms with Crippen molar-refractivity contribution in [1.82, 2.24) is 5.32 Å². The number of rotatable bonds is 5. The van der Waals surface area contributed by atoms with E-state index in [0.717, 1.165) is 0 Å². The largest absolute Gasteiger partial charge is 0.480 e. The van der Waals surface area contributed by atoms with Crippen LogP contribution in [-0.4, -0.2) is 23.0 Å². The second-order valence-electron chi connectivity index (χ2n) is 3.60. The number of carboxylic acids is 1. The van der Waals surface area contributed by atoms with Crippen molar-refractivity contribution >= 4 is 11.9 Å². The number of aryl methyl sites for hydroxylation is 1. The van der Waals surface area contributed by atoms with Crippen molar-refractivity contribution in [2.45, 2.75) is 32.7 Å². The van der Waals surface area contributed by atoms with Crippen LogP contribution in [-0.2, 0) is 4.79 Å². The van der Waals surface area contributed by atoms with Crippen LogP contribution in [0.25, 0.3) is 0 Å². The monoisotopic (exact) mass is 225 g/mol. The van der Waals surface area contributed by atoms with Crippen LogP contribution in [0, 0.1) is 6.92 Å². The van der Waals surface area contributed by atoms with Crippen LogP contribution in [0.2, 0.25) is 0 Å². The summed E-state index contributed by atoms with van der Waals surface area (Å²) in [7, 11) is 0. The molecule has 0 aliphatic heterocycles. The van der Waals surface area contributed by atoms with Crippen LogP contribution in [0.1, 0.15) is 35.9 Å². The second kappa shape index (κ2) is 5.34. The molecule has 0 radical (unpaired) electrons. The minimum atomic E-state index is -1.02. The van der Waals surface area contributed by atoms with Gasteiger partial charge in [0.05, 0.1) is 5.56 Å². The maximum Gasteiger partial charge on any atom is 0.326 e. The van der Waals surface area contributed by atoms with Gasteiger partial charge in [0, 0.05) is 0 Å². The summed E-state index contributed by atoms with van der Waals surface area (Å²) in [5.74, 6) is -0.819. The van der Waals surface area contributed by atoms with Gasteiger partial charge < -0.3 is 14.8 Å². The van der Waals surface area contributed by atoms with Gasteiger partial charge in [-0.25, -0.2) is 4.79 Å². The lowest BCUT2D eigenvalue weighted by atomic mass is 10.1. The first-order valence-electron chi connectivity index (χ1n) is 5.13. The van der Waals surface area contributed by atoms with Crippen molar-refractivity contribution < 1.29 is 19.1 Å². The molecule has 1 atom stereocenters. The Morgan fingerprint density at radius 3 is 2.69 bits per heavy atom. The second-order valence-corrected chi connectivity index (χ2v) is 3.60. The molecule has 88 valence electrons. The molecule has 1 amide bonds. The van der Waals surface area contributed by atoms with E-state index in [0.29, 0.717) is 24.2 Å². The first kappa shape index (κ1) is 12.3. The molecule has 5 heteroatoms. The highest BCUT2D eigenvalue weighted by Crippen LogP contribution is 2.07. The maximum atomic E-state index is 11.6. The summed E-state index contributed by atoms with van der Waals surface area (Å²) in [5, 5.41) is 11.3. The maximum absolute atomic E-state index is 11.6. The molecule has 2 N–H and O–H groups in total. The number of nitrogens with one attached hydrogen (secondary N) is 1. The van der Waals surface area contributed by atoms with Gasteiger partial charge in [-0.2, -0.15) is 0 Å². The van der Waals surface area contributed by atoms with Gasteiger partial charge in [-0.05, 0) is 19.4 Å². The Hall–Kier alpha value is -1.78. The summed E-state index contributed by atoms with van der Waals surface area (Å²) in [6.45, 7) is 3.58. The van der Waals surface area contributed by atoms with Gasteiger partial charge in [0.15, 0.2) is 0 Å². The Morgan fingerprint density at radius 1 is 1.56 bits per heavy atom. The third-order valence-corrected chi connectivity index (χ3v) is 2.17. The minimum Gasteiger partial charge on any atom is -0.480 e. The molecule has 1 heterocycles. The van der Waals surface area contributed by atoms with E-state index < -0.39 is 17.9 Å². The van der Waals surface area contributed by atoms with Crippen LogP contribution >= 0.6 is 0 Å². The zero-order valence-electron chi connectivity index (χ0n) is 9.32. The van der Waals surface area contributed by atoms with Crippen LogP contribution < -0.4 is 5.32 Å². The number of hydrogen-bond acceptors (Lipinski definition) is 3. The molecule has 0 spiro atoms. The summed E-state index contributed by atoms with van der Waals surface area (Å²) < 4.78 is 4.98. The zero-order valence-corrected chi connectivity index (χ0v) is 9.32. The molecule has 1 aromatic rings. The summed E-state index contributed by atoms with van der Waals surface area (Å²) in [4.78, 5) is 22.4. The summed E-state index contributed by atoms with van der Waals surface area (Å²) in [5.41, 5.74) is 0.347. The van der Waals surface area contributed by atoms with Gasteiger partial charge in [0.1, 0.15) is 18.1 Å². The third kappa shape index (κ3) is 3.12. The average Bonchev–Trinajstić information content (AvgIpc) is 2.64. The zero-order chi connectivity index (χ0) is 12.1. The van der Waals surface area contributed by atoms with Crippen LogP contribution in [0.3, 0.4) is 0 Å². The quantitative estimate of drug-likeness (QED) is 0.797. The highest BCUT2D eigenvalue weighted by atomic mass is 16.4. The molecule has 0 aliphatic carbocycles. The molecule has 0 aromatic carbocycles. The Balaban J connectivity index is 2.65. The van der Waals surface area contributed by atoms with Crippen molar-refractivity contribution in [3.8, 4) is 0 Å². The number of amides is 1. The average molecular weight is 225 g/mol. The van der Waals surface area contributed by atoms with Gasteiger partial charge >= 0.3 is 5.97 Å². The smallest absolute Gasteiger partial charge is 0.326 e. The fourth-order valence-electron chi connectivity index (χ4n) is 1.35. The summed E-state index contributed by atoms with van der Waals surface area (Å²) in [6, 6.07) is 0.730. The number of furan rings is 1. The fourth-order valence-corrected chi connectivity index (χ4v) is 1.35. The molecule has 16 heavy (non-hydrogen) atoms. The highest BCUT2D eigenvalue weighted by molar-refractivity contribution is 5.96. The van der Waals surface area contributed by atoms with Gasteiger partial charge in [-0.15, -0.1) is 0 Å². The summed E-state index contributed by atoms with van der Waals surface area (Å²) >= 11 is 0. The third-order valence-electron chi connectivity index (χ3n) is 2.17. The Morgan fingerprint density at radius 2 is 2.25 bits per heavy atom. The number of hydrogen-bond donors (Lipinski definition) is 2. The molecule has 0 aliphatic rings. The molecule has 0 saturated carbocycles. The number of aliphatic carboxylic acids is 1. The Labute approximate surface area is 93.4 Å². The van der Waals surface area contributed by atoms with E-state index in [1.807, 2.05) is 6.92 Å². The van der Waals surface area contributed by atoms with E-state index in [1.165, 1.54) is 6.26 Å². The predicted octanol–water partition coefficient (Wildman–Crippen LogP) is 1.57. The van der Waals surface area contributed by atoms with E-state index in [2.05, 4.69) is 5.32 Å². The van der Waals surface area contributed by atoms with Gasteiger partial charge in [0.25, 0.3) is 5.91 Å². The standard InChI is InChI=1S/C11H15NO4/c1-3-4-9(11(14)15)12-10(13)8-5-7(2)16-6-8/h5-6,9H,3-4H2,1-2H3,(H,12,13)(H,14,15)/t9-/m1/s1. The van der Waals surface area contributed by atoms with E-state index in [4.69, 9.17) is 9.52 Å². The minimum absolute atomic E-state index is 0.347. The van der Waals surface area contributed by atoms with E-state index in [9.17, 15) is 9.59 Å². The molecular weight excluding hydrogens is 210 g/mol. The fraction of sp³-hybridized carbons (Fsp3) is 0.455. The lowest BCUT2D eigenvalue weighted by molar-refractivity contribution is -0.139. The Kier molecular flexibility index (Phi) is 4.10. The normalized spacial score (nSPS) is 12.1. The topological polar surface area (TPSA) is 79.5 Å². The molecule has 0 fully saturated rings. The van der Waals surface area contributed by atoms with E-state index in [1.54, 1.807) is 13.0 Å². The van der Waals surface area contributed by atoms with E-state index in [-0.39, 0.29) is 0 Å². The van der Waals surface area contributed by atoms with Crippen molar-refractivity contribution in [2.24, 2.45) is 0 Å². The first-order valence-corrected chi connectivity index (χ1v) is 5.13. The number of carbonyl (C=O) groups is 2. The van der Waals surface area contributed by atoms with Gasteiger partial charge in [-0.1, -0.05) is 13.3 Å². The van der Waals surface area contributed by atoms with Crippen molar-refractivity contribution in [3.05, 3.63) is 23.7 Å². The summed E-state index contributed by atoms with van der Waals surface area (Å²) in [6.07, 6.45) is 2.43. The van der Waals surface area contributed by atoms with Crippen molar-refractivity contribution in [3.63, 3.8) is 0 Å². The molecule has 0 unspecified atom stereocenters. The molecule has 0 bridgehead atoms. The van der Waals surface area contributed by atoms with Gasteiger partial charge in [-0.3, -0.25) is 4.79 Å². The Bertz CT molecular complexity index is 383. The SMILES string of the molecule is CCC[C@@H](NC(=O)c1coc(C)c1)C(=O)O. The lowest BCUT2D eigenvalue weighted by Gasteiger charge is -2.12. The van der Waals surface area contributed by atoms with Crippen LogP contribution in [0.15, 0.2) is 16.7 Å². The molecule has 5 nitrogen and oxygen atoms in total.